The van der Waals surface area contributed by atoms with Crippen molar-refractivity contribution < 1.29 is 4.74 Å². The number of aromatic nitrogens is 1. The van der Waals surface area contributed by atoms with Gasteiger partial charge in [0.2, 0.25) is 0 Å². The van der Waals surface area contributed by atoms with Crippen LogP contribution >= 0.6 is 0 Å². The Morgan fingerprint density at radius 1 is 1.25 bits per heavy atom. The van der Waals surface area contributed by atoms with Crippen LogP contribution in [0.15, 0.2) is 18.5 Å². The van der Waals surface area contributed by atoms with Gasteiger partial charge in [-0.05, 0) is 49.7 Å². The molecule has 3 heteroatoms. The van der Waals surface area contributed by atoms with E-state index < -0.39 is 0 Å². The fraction of sp³-hybridized carbons (Fsp3) is 0.706. The first-order valence-corrected chi connectivity index (χ1v) is 8.05. The summed E-state index contributed by atoms with van der Waals surface area (Å²) in [6.07, 6.45) is 11.9. The number of hydrogen-bond donors (Lipinski definition) is 1. The van der Waals surface area contributed by atoms with Gasteiger partial charge in [-0.3, -0.25) is 4.98 Å². The maximum Gasteiger partial charge on any atom is 0.137 e. The summed E-state index contributed by atoms with van der Waals surface area (Å²) in [4.78, 5) is 4.31. The van der Waals surface area contributed by atoms with Gasteiger partial charge in [-0.25, -0.2) is 0 Å². The third-order valence-corrected chi connectivity index (χ3v) is 4.46. The van der Waals surface area contributed by atoms with Crippen molar-refractivity contribution in [2.24, 2.45) is 11.7 Å². The quantitative estimate of drug-likeness (QED) is 0.854. The van der Waals surface area contributed by atoms with E-state index in [1.54, 1.807) is 6.20 Å². The molecule has 0 atom stereocenters. The molecule has 3 nitrogen and oxygen atoms in total. The van der Waals surface area contributed by atoms with Gasteiger partial charge < -0.3 is 10.5 Å². The summed E-state index contributed by atoms with van der Waals surface area (Å²) < 4.78 is 5.67. The summed E-state index contributed by atoms with van der Waals surface area (Å²) in [5.41, 5.74) is 7.58. The zero-order valence-electron chi connectivity index (χ0n) is 12.9. The van der Waals surface area contributed by atoms with Gasteiger partial charge in [0.05, 0.1) is 12.8 Å². The van der Waals surface area contributed by atoms with Gasteiger partial charge in [-0.15, -0.1) is 0 Å². The van der Waals surface area contributed by atoms with E-state index >= 15 is 0 Å². The molecule has 1 saturated carbocycles. The van der Waals surface area contributed by atoms with Gasteiger partial charge in [0.1, 0.15) is 5.75 Å². The van der Waals surface area contributed by atoms with Crippen LogP contribution < -0.4 is 10.5 Å². The van der Waals surface area contributed by atoms with Gasteiger partial charge in [0.25, 0.3) is 0 Å². The molecule has 2 rings (SSSR count). The van der Waals surface area contributed by atoms with Gasteiger partial charge in [-0.2, -0.15) is 0 Å². The summed E-state index contributed by atoms with van der Waals surface area (Å²) in [6, 6.07) is 2.09. The van der Waals surface area contributed by atoms with Crippen LogP contribution in [-0.4, -0.2) is 11.6 Å². The number of hydrogen-bond acceptors (Lipinski definition) is 3. The molecule has 2 N–H and O–H groups in total. The summed E-state index contributed by atoms with van der Waals surface area (Å²) in [6.45, 7) is 5.11. The first kappa shape index (κ1) is 15.3. The van der Waals surface area contributed by atoms with Gasteiger partial charge in [0, 0.05) is 11.7 Å². The van der Waals surface area contributed by atoms with Gasteiger partial charge in [0.15, 0.2) is 0 Å². The number of nitrogens with zero attached hydrogens (tertiary/aromatic N) is 1. The van der Waals surface area contributed by atoms with Gasteiger partial charge >= 0.3 is 0 Å². The van der Waals surface area contributed by atoms with E-state index in [0.29, 0.717) is 0 Å². The average Bonchev–Trinajstić information content (AvgIpc) is 2.48. The fourth-order valence-corrected chi connectivity index (χ4v) is 3.17. The lowest BCUT2D eigenvalue weighted by molar-refractivity contribution is 0.225. The highest BCUT2D eigenvalue weighted by atomic mass is 16.5. The van der Waals surface area contributed by atoms with Crippen LogP contribution in [0.4, 0.5) is 0 Å². The number of pyridine rings is 1. The normalized spacial score (nSPS) is 26.4. The van der Waals surface area contributed by atoms with E-state index in [-0.39, 0.29) is 5.54 Å². The zero-order valence-corrected chi connectivity index (χ0v) is 12.9. The Kier molecular flexibility index (Phi) is 5.41. The summed E-state index contributed by atoms with van der Waals surface area (Å²) in [5, 5.41) is 0. The third-order valence-electron chi connectivity index (χ3n) is 4.46. The lowest BCUT2D eigenvalue weighted by atomic mass is 9.73. The molecule has 112 valence electrons. The topological polar surface area (TPSA) is 48.1 Å². The minimum atomic E-state index is -0.206. The molecule has 0 unspecified atom stereocenters. The van der Waals surface area contributed by atoms with Crippen LogP contribution in [0.25, 0.3) is 0 Å². The molecule has 1 aliphatic rings. The van der Waals surface area contributed by atoms with Crippen LogP contribution in [0.3, 0.4) is 0 Å². The predicted octanol–water partition coefficient (Wildman–Crippen LogP) is 4.01. The molecular weight excluding hydrogens is 248 g/mol. The Morgan fingerprint density at radius 2 is 2.00 bits per heavy atom. The highest BCUT2D eigenvalue weighted by molar-refractivity contribution is 5.29. The number of rotatable bonds is 6. The van der Waals surface area contributed by atoms with Crippen LogP contribution in [-0.2, 0) is 5.54 Å². The van der Waals surface area contributed by atoms with Crippen molar-refractivity contribution in [1.82, 2.24) is 4.98 Å². The second-order valence-corrected chi connectivity index (χ2v) is 6.15. The van der Waals surface area contributed by atoms with E-state index in [2.05, 4.69) is 24.9 Å². The van der Waals surface area contributed by atoms with Crippen LogP contribution in [0.5, 0.6) is 5.75 Å². The Hall–Kier alpha value is -1.09. The molecule has 1 fully saturated rings. The fourth-order valence-electron chi connectivity index (χ4n) is 3.17. The molecule has 0 spiro atoms. The Bertz CT molecular complexity index is 411. The van der Waals surface area contributed by atoms with Crippen molar-refractivity contribution in [2.45, 2.75) is 64.3 Å². The second-order valence-electron chi connectivity index (χ2n) is 6.15. The van der Waals surface area contributed by atoms with Crippen molar-refractivity contribution >= 4 is 0 Å². The Morgan fingerprint density at radius 3 is 2.65 bits per heavy atom. The maximum absolute atomic E-state index is 6.64. The number of ether oxygens (including phenoxy) is 1. The largest absolute Gasteiger partial charge is 0.492 e. The molecule has 0 radical (unpaired) electrons. The van der Waals surface area contributed by atoms with Gasteiger partial charge in [-0.1, -0.05) is 26.7 Å². The standard InChI is InChI=1S/C17H28N2O/c1-3-5-14-6-8-17(18,9-7-14)15-11-16(13-19-12-15)20-10-4-2/h11-14H,3-10,18H2,1-2H3. The summed E-state index contributed by atoms with van der Waals surface area (Å²) >= 11 is 0. The molecule has 20 heavy (non-hydrogen) atoms. The number of nitrogens with two attached hydrogens (primary N) is 1. The molecule has 0 amide bonds. The second kappa shape index (κ2) is 7.07. The molecule has 1 aliphatic carbocycles. The molecule has 0 aliphatic heterocycles. The highest BCUT2D eigenvalue weighted by Gasteiger charge is 2.33. The van der Waals surface area contributed by atoms with Crippen molar-refractivity contribution in [1.29, 1.82) is 0 Å². The lowest BCUT2D eigenvalue weighted by Gasteiger charge is -2.37. The van der Waals surface area contributed by atoms with Crippen molar-refractivity contribution in [3.8, 4) is 5.75 Å². The van der Waals surface area contributed by atoms with Crippen molar-refractivity contribution in [3.05, 3.63) is 24.0 Å². The zero-order chi connectivity index (χ0) is 14.4. The highest BCUT2D eigenvalue weighted by Crippen LogP contribution is 2.39. The first-order valence-electron chi connectivity index (χ1n) is 8.05. The molecule has 1 aromatic heterocycles. The smallest absolute Gasteiger partial charge is 0.137 e. The average molecular weight is 276 g/mol. The monoisotopic (exact) mass is 276 g/mol. The first-order chi connectivity index (χ1) is 9.68. The molecular formula is C17H28N2O. The SMILES string of the molecule is CCCOc1cncc(C2(N)CCC(CCC)CC2)c1. The predicted molar refractivity (Wildman–Crippen MR) is 82.8 cm³/mol. The van der Waals surface area contributed by atoms with E-state index in [4.69, 9.17) is 10.5 Å². The van der Waals surface area contributed by atoms with Crippen LogP contribution in [0.2, 0.25) is 0 Å². The molecule has 0 aromatic carbocycles. The third kappa shape index (κ3) is 3.72. The minimum Gasteiger partial charge on any atom is -0.492 e. The van der Waals surface area contributed by atoms with E-state index in [9.17, 15) is 0 Å². The molecule has 0 bridgehead atoms. The molecule has 0 saturated heterocycles. The molecule has 1 aromatic rings. The van der Waals surface area contributed by atoms with Crippen molar-refractivity contribution in [3.63, 3.8) is 0 Å². The Balaban J connectivity index is 2.03. The summed E-state index contributed by atoms with van der Waals surface area (Å²) in [7, 11) is 0. The van der Waals surface area contributed by atoms with Crippen LogP contribution in [0, 0.1) is 5.92 Å². The van der Waals surface area contributed by atoms with E-state index in [0.717, 1.165) is 43.1 Å². The van der Waals surface area contributed by atoms with Crippen LogP contribution in [0.1, 0.15) is 64.4 Å². The Labute approximate surface area is 122 Å². The van der Waals surface area contributed by atoms with Crippen molar-refractivity contribution in [2.75, 3.05) is 6.61 Å². The minimum absolute atomic E-state index is 0.206. The molecule has 1 heterocycles. The maximum atomic E-state index is 6.64. The van der Waals surface area contributed by atoms with E-state index in [1.807, 2.05) is 6.20 Å². The summed E-state index contributed by atoms with van der Waals surface area (Å²) in [5.74, 6) is 1.72. The van der Waals surface area contributed by atoms with E-state index in [1.165, 1.54) is 25.7 Å². The lowest BCUT2D eigenvalue weighted by Crippen LogP contribution is -2.40.